The molecule has 0 aromatic heterocycles. The Balaban J connectivity index is 1.65. The van der Waals surface area contributed by atoms with Crippen LogP contribution < -0.4 is 5.32 Å². The van der Waals surface area contributed by atoms with Crippen molar-refractivity contribution >= 4 is 34.2 Å². The van der Waals surface area contributed by atoms with Crippen molar-refractivity contribution in [2.75, 3.05) is 11.1 Å². The maximum Gasteiger partial charge on any atom is 0.161 e. The third-order valence-electron chi connectivity index (χ3n) is 3.14. The van der Waals surface area contributed by atoms with Crippen LogP contribution in [0.15, 0.2) is 59.6 Å². The molecule has 2 nitrogen and oxygen atoms in total. The SMILES string of the molecule is Clc1ccccc1NC1=NC(Cc2ccccc2)CS1. The number of nitrogens with zero attached hydrogens (tertiary/aromatic N) is 1. The fraction of sp³-hybridized carbons (Fsp3) is 0.188. The lowest BCUT2D eigenvalue weighted by atomic mass is 10.1. The summed E-state index contributed by atoms with van der Waals surface area (Å²) >= 11 is 7.90. The Morgan fingerprint density at radius 3 is 2.65 bits per heavy atom. The highest BCUT2D eigenvalue weighted by Gasteiger charge is 2.19. The average Bonchev–Trinajstić information content (AvgIpc) is 2.90. The van der Waals surface area contributed by atoms with Gasteiger partial charge in [-0.3, -0.25) is 4.99 Å². The van der Waals surface area contributed by atoms with Gasteiger partial charge in [0.25, 0.3) is 0 Å². The van der Waals surface area contributed by atoms with E-state index in [0.29, 0.717) is 6.04 Å². The topological polar surface area (TPSA) is 24.4 Å². The molecule has 2 aromatic rings. The molecule has 0 radical (unpaired) electrons. The van der Waals surface area contributed by atoms with Gasteiger partial charge in [0.2, 0.25) is 0 Å². The van der Waals surface area contributed by atoms with Gasteiger partial charge in [0.05, 0.1) is 16.8 Å². The number of aliphatic imine (C=N–C) groups is 1. The van der Waals surface area contributed by atoms with E-state index in [1.807, 2.05) is 30.3 Å². The summed E-state index contributed by atoms with van der Waals surface area (Å²) in [5, 5.41) is 4.99. The first-order valence-corrected chi connectivity index (χ1v) is 7.94. The maximum absolute atomic E-state index is 6.14. The van der Waals surface area contributed by atoms with Crippen molar-refractivity contribution in [3.63, 3.8) is 0 Å². The van der Waals surface area contributed by atoms with E-state index in [-0.39, 0.29) is 0 Å². The standard InChI is InChI=1S/C16H15ClN2S/c17-14-8-4-5-9-15(14)19-16-18-13(11-20-16)10-12-6-2-1-3-7-12/h1-9,13H,10-11H2,(H,18,19). The molecular weight excluding hydrogens is 288 g/mol. The minimum absolute atomic E-state index is 0.340. The molecule has 0 aliphatic carbocycles. The molecule has 1 aliphatic heterocycles. The van der Waals surface area contributed by atoms with Crippen molar-refractivity contribution in [1.29, 1.82) is 0 Å². The zero-order valence-corrected chi connectivity index (χ0v) is 12.5. The predicted octanol–water partition coefficient (Wildman–Crippen LogP) is 4.47. The lowest BCUT2D eigenvalue weighted by Crippen LogP contribution is -2.08. The molecule has 1 atom stereocenters. The first-order chi connectivity index (χ1) is 9.81. The number of hydrogen-bond acceptors (Lipinski definition) is 3. The molecule has 102 valence electrons. The van der Waals surface area contributed by atoms with E-state index < -0.39 is 0 Å². The van der Waals surface area contributed by atoms with E-state index in [9.17, 15) is 0 Å². The number of para-hydroxylation sites is 1. The summed E-state index contributed by atoms with van der Waals surface area (Å²) in [6.07, 6.45) is 0.988. The molecule has 0 bridgehead atoms. The van der Waals surface area contributed by atoms with Crippen LogP contribution in [0.1, 0.15) is 5.56 Å². The van der Waals surface area contributed by atoms with Crippen LogP contribution >= 0.6 is 23.4 Å². The highest BCUT2D eigenvalue weighted by Crippen LogP contribution is 2.26. The van der Waals surface area contributed by atoms with Crippen molar-refractivity contribution in [1.82, 2.24) is 0 Å². The second kappa shape index (κ2) is 6.33. The summed E-state index contributed by atoms with van der Waals surface area (Å²) in [4.78, 5) is 4.73. The number of amidine groups is 1. The van der Waals surface area contributed by atoms with Gasteiger partial charge in [-0.25, -0.2) is 0 Å². The van der Waals surface area contributed by atoms with Crippen LogP contribution in [-0.4, -0.2) is 17.0 Å². The van der Waals surface area contributed by atoms with E-state index in [0.717, 1.165) is 28.1 Å². The Hall–Kier alpha value is -1.45. The number of thioether (sulfide) groups is 1. The lowest BCUT2D eigenvalue weighted by molar-refractivity contribution is 0.762. The summed E-state index contributed by atoms with van der Waals surface area (Å²) in [5.41, 5.74) is 2.25. The first-order valence-electron chi connectivity index (χ1n) is 6.57. The Morgan fingerprint density at radius 2 is 1.85 bits per heavy atom. The maximum atomic E-state index is 6.14. The fourth-order valence-electron chi connectivity index (χ4n) is 2.15. The summed E-state index contributed by atoms with van der Waals surface area (Å²) in [5.74, 6) is 1.02. The van der Waals surface area contributed by atoms with Crippen LogP contribution in [0.3, 0.4) is 0 Å². The van der Waals surface area contributed by atoms with Crippen molar-refractivity contribution in [3.05, 3.63) is 65.2 Å². The molecule has 4 heteroatoms. The largest absolute Gasteiger partial charge is 0.334 e. The van der Waals surface area contributed by atoms with Gasteiger partial charge in [0.1, 0.15) is 0 Å². The molecular formula is C16H15ClN2S. The lowest BCUT2D eigenvalue weighted by Gasteiger charge is -2.06. The molecule has 20 heavy (non-hydrogen) atoms. The number of anilines is 1. The Bertz CT molecular complexity index is 613. The molecule has 1 N–H and O–H groups in total. The van der Waals surface area contributed by atoms with E-state index in [4.69, 9.17) is 16.6 Å². The molecule has 0 spiro atoms. The van der Waals surface area contributed by atoms with Gasteiger partial charge in [-0.2, -0.15) is 0 Å². The van der Waals surface area contributed by atoms with Gasteiger partial charge >= 0.3 is 0 Å². The second-order valence-electron chi connectivity index (χ2n) is 4.69. The summed E-state index contributed by atoms with van der Waals surface area (Å²) in [7, 11) is 0. The van der Waals surface area contributed by atoms with Crippen molar-refractivity contribution in [2.24, 2.45) is 4.99 Å². The molecule has 1 unspecified atom stereocenters. The van der Waals surface area contributed by atoms with E-state index in [1.165, 1.54) is 5.56 Å². The average molecular weight is 303 g/mol. The fourth-order valence-corrected chi connectivity index (χ4v) is 3.28. The van der Waals surface area contributed by atoms with Crippen LogP contribution in [0.5, 0.6) is 0 Å². The highest BCUT2D eigenvalue weighted by molar-refractivity contribution is 8.14. The third kappa shape index (κ3) is 3.35. The molecule has 0 amide bonds. The van der Waals surface area contributed by atoms with Gasteiger partial charge in [-0.1, -0.05) is 65.8 Å². The summed E-state index contributed by atoms with van der Waals surface area (Å²) in [6.45, 7) is 0. The van der Waals surface area contributed by atoms with Gasteiger partial charge in [-0.15, -0.1) is 0 Å². The van der Waals surface area contributed by atoms with Gasteiger partial charge in [-0.05, 0) is 24.1 Å². The van der Waals surface area contributed by atoms with Gasteiger partial charge in [0, 0.05) is 5.75 Å². The second-order valence-corrected chi connectivity index (χ2v) is 6.11. The molecule has 2 aromatic carbocycles. The van der Waals surface area contributed by atoms with Crippen molar-refractivity contribution in [2.45, 2.75) is 12.5 Å². The highest BCUT2D eigenvalue weighted by atomic mass is 35.5. The van der Waals surface area contributed by atoms with Crippen molar-refractivity contribution in [3.8, 4) is 0 Å². The quantitative estimate of drug-likeness (QED) is 0.905. The van der Waals surface area contributed by atoms with E-state index >= 15 is 0 Å². The molecule has 0 saturated heterocycles. The minimum atomic E-state index is 0.340. The van der Waals surface area contributed by atoms with Crippen LogP contribution in [-0.2, 0) is 6.42 Å². The predicted molar refractivity (Wildman–Crippen MR) is 88.9 cm³/mol. The number of benzene rings is 2. The Morgan fingerprint density at radius 1 is 1.10 bits per heavy atom. The smallest absolute Gasteiger partial charge is 0.161 e. The molecule has 0 fully saturated rings. The first kappa shape index (κ1) is 13.5. The normalized spacial score (nSPS) is 17.9. The van der Waals surface area contributed by atoms with E-state index in [2.05, 4.69) is 29.6 Å². The number of nitrogens with one attached hydrogen (secondary N) is 1. The number of halogens is 1. The molecule has 0 saturated carbocycles. The van der Waals surface area contributed by atoms with Gasteiger partial charge < -0.3 is 5.32 Å². The van der Waals surface area contributed by atoms with E-state index in [1.54, 1.807) is 11.8 Å². The Labute approximate surface area is 128 Å². The van der Waals surface area contributed by atoms with Crippen LogP contribution in [0.4, 0.5) is 5.69 Å². The van der Waals surface area contributed by atoms with Crippen LogP contribution in [0, 0.1) is 0 Å². The monoisotopic (exact) mass is 302 g/mol. The van der Waals surface area contributed by atoms with Crippen molar-refractivity contribution < 1.29 is 0 Å². The molecule has 1 aliphatic rings. The summed E-state index contributed by atoms with van der Waals surface area (Å²) < 4.78 is 0. The Kier molecular flexibility index (Phi) is 4.28. The molecule has 1 heterocycles. The third-order valence-corrected chi connectivity index (χ3v) is 4.50. The van der Waals surface area contributed by atoms with Gasteiger partial charge in [0.15, 0.2) is 5.17 Å². The number of rotatable bonds is 3. The summed E-state index contributed by atoms with van der Waals surface area (Å²) in [6, 6.07) is 18.6. The molecule has 3 rings (SSSR count). The zero-order valence-electron chi connectivity index (χ0n) is 10.9. The van der Waals surface area contributed by atoms with Crippen LogP contribution in [0.2, 0.25) is 5.02 Å². The minimum Gasteiger partial charge on any atom is -0.334 e. The zero-order chi connectivity index (χ0) is 13.8. The van der Waals surface area contributed by atoms with Crippen LogP contribution in [0.25, 0.3) is 0 Å². The number of hydrogen-bond donors (Lipinski definition) is 1.